The molecule has 0 fully saturated rings. The molecule has 4 aromatic rings. The van der Waals surface area contributed by atoms with Crippen molar-refractivity contribution in [3.8, 4) is 10.6 Å². The summed E-state index contributed by atoms with van der Waals surface area (Å²) in [6.45, 7) is 0.311. The average molecular weight is 349 g/mol. The molecule has 2 aromatic heterocycles. The lowest BCUT2D eigenvalue weighted by Gasteiger charge is -2.05. The minimum absolute atomic E-state index is 0.135. The lowest BCUT2D eigenvalue weighted by atomic mass is 10.2. The third kappa shape index (κ3) is 3.44. The van der Waals surface area contributed by atoms with Crippen molar-refractivity contribution in [3.63, 3.8) is 0 Å². The van der Waals surface area contributed by atoms with Crippen molar-refractivity contribution in [1.82, 2.24) is 14.5 Å². The number of hydrogen-bond acceptors (Lipinski definition) is 5. The fraction of sp³-hybridized carbons (Fsp3) is 0.105. The zero-order valence-electron chi connectivity index (χ0n) is 13.3. The molecule has 4 rings (SSSR count). The smallest absolute Gasteiger partial charge is 0.326 e. The maximum Gasteiger partial charge on any atom is 0.326 e. The van der Waals surface area contributed by atoms with Crippen molar-refractivity contribution in [3.05, 3.63) is 72.0 Å². The van der Waals surface area contributed by atoms with Gasteiger partial charge in [-0.3, -0.25) is 4.79 Å². The molecule has 0 aliphatic carbocycles. The predicted octanol–water partition coefficient (Wildman–Crippen LogP) is 3.90. The fourth-order valence-electron chi connectivity index (χ4n) is 2.56. The number of hydrogen-bond donors (Lipinski definition) is 0. The van der Waals surface area contributed by atoms with Crippen molar-refractivity contribution in [2.45, 2.75) is 13.2 Å². The molecule has 0 spiro atoms. The molecule has 124 valence electrons. The summed E-state index contributed by atoms with van der Waals surface area (Å²) in [5.41, 5.74) is 3.60. The number of rotatable bonds is 5. The molecule has 0 N–H and O–H groups in total. The van der Waals surface area contributed by atoms with Crippen LogP contribution in [0.5, 0.6) is 0 Å². The second-order valence-electron chi connectivity index (χ2n) is 5.53. The first-order chi connectivity index (χ1) is 12.3. The van der Waals surface area contributed by atoms with Crippen LogP contribution in [0.4, 0.5) is 0 Å². The summed E-state index contributed by atoms with van der Waals surface area (Å²) in [6, 6.07) is 17.6. The maximum absolute atomic E-state index is 12.1. The van der Waals surface area contributed by atoms with Crippen molar-refractivity contribution in [2.75, 3.05) is 0 Å². The van der Waals surface area contributed by atoms with Gasteiger partial charge in [0.25, 0.3) is 0 Å². The zero-order valence-corrected chi connectivity index (χ0v) is 14.1. The normalized spacial score (nSPS) is 10.9. The van der Waals surface area contributed by atoms with Gasteiger partial charge in [-0.25, -0.2) is 9.97 Å². The van der Waals surface area contributed by atoms with E-state index in [4.69, 9.17) is 4.74 Å². The number of ether oxygens (including phenoxy) is 1. The summed E-state index contributed by atoms with van der Waals surface area (Å²) in [7, 11) is 0. The Bertz CT molecular complexity index is 1010. The van der Waals surface area contributed by atoms with Gasteiger partial charge >= 0.3 is 5.97 Å². The van der Waals surface area contributed by atoms with Gasteiger partial charge in [-0.15, -0.1) is 11.3 Å². The van der Waals surface area contributed by atoms with Crippen molar-refractivity contribution in [1.29, 1.82) is 0 Å². The first-order valence-corrected chi connectivity index (χ1v) is 8.73. The minimum Gasteiger partial charge on any atom is -0.458 e. The topological polar surface area (TPSA) is 57.0 Å². The van der Waals surface area contributed by atoms with Crippen LogP contribution in [0.1, 0.15) is 5.69 Å². The summed E-state index contributed by atoms with van der Waals surface area (Å²) in [4.78, 5) is 20.9. The third-order valence-electron chi connectivity index (χ3n) is 3.78. The molecule has 0 aliphatic rings. The van der Waals surface area contributed by atoms with Crippen LogP contribution in [0, 0.1) is 0 Å². The van der Waals surface area contributed by atoms with E-state index in [2.05, 4.69) is 9.97 Å². The number of fused-ring (bicyclic) bond motifs is 1. The molecule has 2 heterocycles. The van der Waals surface area contributed by atoms with E-state index < -0.39 is 0 Å². The molecule has 0 saturated carbocycles. The number of esters is 1. The highest BCUT2D eigenvalue weighted by atomic mass is 32.1. The highest BCUT2D eigenvalue weighted by Crippen LogP contribution is 2.23. The largest absolute Gasteiger partial charge is 0.458 e. The van der Waals surface area contributed by atoms with Crippen LogP contribution < -0.4 is 0 Å². The van der Waals surface area contributed by atoms with Crippen LogP contribution in [0.2, 0.25) is 0 Å². The van der Waals surface area contributed by atoms with Crippen LogP contribution in [0.15, 0.2) is 66.3 Å². The van der Waals surface area contributed by atoms with Crippen molar-refractivity contribution >= 4 is 28.3 Å². The van der Waals surface area contributed by atoms with E-state index in [9.17, 15) is 4.79 Å². The first kappa shape index (κ1) is 15.5. The van der Waals surface area contributed by atoms with Gasteiger partial charge in [0.1, 0.15) is 18.2 Å². The van der Waals surface area contributed by atoms with E-state index in [0.717, 1.165) is 27.3 Å². The molecule has 2 aromatic carbocycles. The average Bonchev–Trinajstić information content (AvgIpc) is 3.28. The summed E-state index contributed by atoms with van der Waals surface area (Å²) in [5.74, 6) is -0.308. The molecule has 0 saturated heterocycles. The summed E-state index contributed by atoms with van der Waals surface area (Å²) in [5, 5.41) is 2.84. The van der Waals surface area contributed by atoms with Gasteiger partial charge in [0.05, 0.1) is 23.1 Å². The molecule has 0 radical (unpaired) electrons. The Labute approximate surface area is 148 Å². The van der Waals surface area contributed by atoms with E-state index in [-0.39, 0.29) is 19.1 Å². The number of thiazole rings is 1. The Morgan fingerprint density at radius 1 is 1.08 bits per heavy atom. The van der Waals surface area contributed by atoms with Gasteiger partial charge in [-0.2, -0.15) is 0 Å². The molecular formula is C19H15N3O2S. The Morgan fingerprint density at radius 2 is 1.88 bits per heavy atom. The van der Waals surface area contributed by atoms with Gasteiger partial charge in [-0.1, -0.05) is 42.5 Å². The third-order valence-corrected chi connectivity index (χ3v) is 4.72. The SMILES string of the molecule is O=C(Cn1cnc2ccccc21)OCc1csc(-c2ccccc2)n1. The standard InChI is InChI=1S/C19H15N3O2S/c23-18(10-22-13-20-16-8-4-5-9-17(16)22)24-11-15-12-25-19(21-15)14-6-2-1-3-7-14/h1-9,12-13H,10-11H2. The Hall–Kier alpha value is -2.99. The summed E-state index contributed by atoms with van der Waals surface area (Å²) < 4.78 is 7.14. The minimum atomic E-state index is -0.308. The molecule has 5 nitrogen and oxygen atoms in total. The second-order valence-corrected chi connectivity index (χ2v) is 6.39. The lowest BCUT2D eigenvalue weighted by molar-refractivity contribution is -0.145. The van der Waals surface area contributed by atoms with Crippen LogP contribution >= 0.6 is 11.3 Å². The molecule has 0 aliphatic heterocycles. The predicted molar refractivity (Wildman–Crippen MR) is 97.1 cm³/mol. The number of para-hydroxylation sites is 2. The van der Waals surface area contributed by atoms with E-state index >= 15 is 0 Å². The van der Waals surface area contributed by atoms with Gasteiger partial charge < -0.3 is 9.30 Å². The molecule has 0 atom stereocenters. The molecule has 0 bridgehead atoms. The van der Waals surface area contributed by atoms with Crippen molar-refractivity contribution < 1.29 is 9.53 Å². The second kappa shape index (κ2) is 6.86. The Balaban J connectivity index is 1.38. The highest BCUT2D eigenvalue weighted by molar-refractivity contribution is 7.13. The number of aromatic nitrogens is 3. The molecule has 0 amide bonds. The van der Waals surface area contributed by atoms with Crippen LogP contribution in [-0.2, 0) is 22.7 Å². The zero-order chi connectivity index (χ0) is 17.1. The molecule has 0 unspecified atom stereocenters. The Morgan fingerprint density at radius 3 is 2.76 bits per heavy atom. The van der Waals surface area contributed by atoms with E-state index in [1.54, 1.807) is 22.2 Å². The van der Waals surface area contributed by atoms with Crippen LogP contribution in [-0.4, -0.2) is 20.5 Å². The van der Waals surface area contributed by atoms with Gasteiger partial charge in [-0.05, 0) is 12.1 Å². The summed E-state index contributed by atoms with van der Waals surface area (Å²) >= 11 is 1.54. The lowest BCUT2D eigenvalue weighted by Crippen LogP contribution is -2.12. The number of carbonyl (C=O) groups is 1. The monoisotopic (exact) mass is 349 g/mol. The van der Waals surface area contributed by atoms with E-state index in [1.807, 2.05) is 60.0 Å². The van der Waals surface area contributed by atoms with Gasteiger partial charge in [0.15, 0.2) is 0 Å². The molecular weight excluding hydrogens is 334 g/mol. The van der Waals surface area contributed by atoms with Crippen molar-refractivity contribution in [2.24, 2.45) is 0 Å². The number of imidazole rings is 1. The van der Waals surface area contributed by atoms with Gasteiger partial charge in [0.2, 0.25) is 0 Å². The number of nitrogens with zero attached hydrogens (tertiary/aromatic N) is 3. The first-order valence-electron chi connectivity index (χ1n) is 7.85. The number of carbonyl (C=O) groups excluding carboxylic acids is 1. The van der Waals surface area contributed by atoms with Crippen LogP contribution in [0.3, 0.4) is 0 Å². The number of benzene rings is 2. The van der Waals surface area contributed by atoms with Gasteiger partial charge in [0, 0.05) is 10.9 Å². The highest BCUT2D eigenvalue weighted by Gasteiger charge is 2.10. The Kier molecular flexibility index (Phi) is 4.26. The molecule has 6 heteroatoms. The quantitative estimate of drug-likeness (QED) is 0.513. The van der Waals surface area contributed by atoms with E-state index in [1.165, 1.54) is 0 Å². The fourth-order valence-corrected chi connectivity index (χ4v) is 3.37. The maximum atomic E-state index is 12.1. The van der Waals surface area contributed by atoms with Crippen LogP contribution in [0.25, 0.3) is 21.6 Å². The summed E-state index contributed by atoms with van der Waals surface area (Å²) in [6.07, 6.45) is 1.66. The van der Waals surface area contributed by atoms with E-state index in [0.29, 0.717) is 0 Å². The molecule has 25 heavy (non-hydrogen) atoms.